The molecule has 0 atom stereocenters. The Morgan fingerprint density at radius 2 is 1.96 bits per heavy atom. The molecule has 2 aromatic rings. The van der Waals surface area contributed by atoms with Gasteiger partial charge in [0.05, 0.1) is 6.42 Å². The molecular formula is C21H24ClNO3. The van der Waals surface area contributed by atoms with Gasteiger partial charge in [-0.2, -0.15) is 0 Å². The highest BCUT2D eigenvalue weighted by molar-refractivity contribution is 5.85. The summed E-state index contributed by atoms with van der Waals surface area (Å²) >= 11 is 0. The van der Waals surface area contributed by atoms with E-state index in [0.717, 1.165) is 47.6 Å². The first kappa shape index (κ1) is 20.0. The number of aliphatic carboxylic acids is 1. The normalized spacial score (nSPS) is 14.0. The molecule has 0 amide bonds. The maximum Gasteiger partial charge on any atom is 0.307 e. The molecule has 0 fully saturated rings. The molecule has 1 aliphatic rings. The van der Waals surface area contributed by atoms with Crippen LogP contribution in [-0.4, -0.2) is 36.6 Å². The molecule has 0 radical (unpaired) electrons. The lowest BCUT2D eigenvalue weighted by Gasteiger charge is -2.12. The Morgan fingerprint density at radius 3 is 2.69 bits per heavy atom. The SMILES string of the molecule is CN(C)CCC=C1Oc2ccc(CC(=O)O)cc2Cc2ccccc21.Cl. The van der Waals surface area contributed by atoms with E-state index < -0.39 is 5.97 Å². The third-order valence-electron chi connectivity index (χ3n) is 4.27. The van der Waals surface area contributed by atoms with Gasteiger partial charge in [0.2, 0.25) is 0 Å². The molecule has 0 saturated carbocycles. The second-order valence-corrected chi connectivity index (χ2v) is 6.61. The Balaban J connectivity index is 0.00000243. The van der Waals surface area contributed by atoms with Crippen LogP contribution in [0, 0.1) is 0 Å². The summed E-state index contributed by atoms with van der Waals surface area (Å²) in [6.45, 7) is 0.958. The van der Waals surface area contributed by atoms with E-state index in [9.17, 15) is 4.79 Å². The lowest BCUT2D eigenvalue weighted by atomic mass is 9.97. The van der Waals surface area contributed by atoms with Crippen LogP contribution in [0.4, 0.5) is 0 Å². The molecule has 138 valence electrons. The highest BCUT2D eigenvalue weighted by atomic mass is 35.5. The molecule has 2 aromatic carbocycles. The number of hydrogen-bond acceptors (Lipinski definition) is 3. The summed E-state index contributed by atoms with van der Waals surface area (Å²) in [5.74, 6) is 0.864. The Kier molecular flexibility index (Phi) is 6.83. The average Bonchev–Trinajstić information content (AvgIpc) is 2.70. The first-order valence-corrected chi connectivity index (χ1v) is 8.47. The van der Waals surface area contributed by atoms with Gasteiger partial charge in [-0.1, -0.05) is 36.4 Å². The quantitative estimate of drug-likeness (QED) is 0.860. The molecule has 1 heterocycles. The van der Waals surface area contributed by atoms with E-state index in [1.54, 1.807) is 0 Å². The number of nitrogens with zero attached hydrogens (tertiary/aromatic N) is 1. The maximum atomic E-state index is 11.0. The minimum Gasteiger partial charge on any atom is -0.481 e. The smallest absolute Gasteiger partial charge is 0.307 e. The van der Waals surface area contributed by atoms with Gasteiger partial charge in [-0.25, -0.2) is 0 Å². The van der Waals surface area contributed by atoms with E-state index in [1.165, 1.54) is 5.56 Å². The number of benzene rings is 2. The van der Waals surface area contributed by atoms with Crippen LogP contribution in [-0.2, 0) is 17.6 Å². The topological polar surface area (TPSA) is 49.8 Å². The minimum atomic E-state index is -0.820. The van der Waals surface area contributed by atoms with E-state index in [-0.39, 0.29) is 18.8 Å². The van der Waals surface area contributed by atoms with Gasteiger partial charge < -0.3 is 14.7 Å². The van der Waals surface area contributed by atoms with Gasteiger partial charge in [0.1, 0.15) is 11.5 Å². The Labute approximate surface area is 160 Å². The zero-order valence-corrected chi connectivity index (χ0v) is 15.9. The molecule has 5 heteroatoms. The molecule has 0 unspecified atom stereocenters. The summed E-state index contributed by atoms with van der Waals surface area (Å²) in [6, 6.07) is 13.9. The van der Waals surface area contributed by atoms with Crippen LogP contribution < -0.4 is 4.74 Å². The molecule has 1 aliphatic heterocycles. The van der Waals surface area contributed by atoms with Crippen molar-refractivity contribution in [1.29, 1.82) is 0 Å². The molecular weight excluding hydrogens is 350 g/mol. The highest BCUT2D eigenvalue weighted by Gasteiger charge is 2.18. The van der Waals surface area contributed by atoms with Crippen molar-refractivity contribution >= 4 is 24.1 Å². The molecule has 1 N–H and O–H groups in total. The monoisotopic (exact) mass is 373 g/mol. The highest BCUT2D eigenvalue weighted by Crippen LogP contribution is 2.34. The summed E-state index contributed by atoms with van der Waals surface area (Å²) in [5.41, 5.74) is 4.14. The van der Waals surface area contributed by atoms with Crippen molar-refractivity contribution in [1.82, 2.24) is 4.90 Å². The van der Waals surface area contributed by atoms with Crippen LogP contribution in [0.1, 0.15) is 28.7 Å². The number of fused-ring (bicyclic) bond motifs is 2. The second-order valence-electron chi connectivity index (χ2n) is 6.61. The van der Waals surface area contributed by atoms with Crippen molar-refractivity contribution in [2.75, 3.05) is 20.6 Å². The zero-order valence-electron chi connectivity index (χ0n) is 15.1. The lowest BCUT2D eigenvalue weighted by molar-refractivity contribution is -0.136. The molecule has 0 spiro atoms. The summed E-state index contributed by atoms with van der Waals surface area (Å²) in [6.07, 6.45) is 3.81. The van der Waals surface area contributed by atoms with E-state index in [1.807, 2.05) is 30.3 Å². The third-order valence-corrected chi connectivity index (χ3v) is 4.27. The lowest BCUT2D eigenvalue weighted by Crippen LogP contribution is -2.12. The van der Waals surface area contributed by atoms with Gasteiger partial charge in [0.15, 0.2) is 0 Å². The van der Waals surface area contributed by atoms with Crippen molar-refractivity contribution in [2.45, 2.75) is 19.3 Å². The number of hydrogen-bond donors (Lipinski definition) is 1. The van der Waals surface area contributed by atoms with Crippen molar-refractivity contribution in [3.63, 3.8) is 0 Å². The number of carbonyl (C=O) groups is 1. The van der Waals surface area contributed by atoms with E-state index in [0.29, 0.717) is 0 Å². The molecule has 26 heavy (non-hydrogen) atoms. The Hall–Kier alpha value is -2.30. The molecule has 0 aromatic heterocycles. The standard InChI is InChI=1S/C21H23NO3.ClH/c1-22(2)11-5-8-20-18-7-4-3-6-16(18)14-17-12-15(13-21(23)24)9-10-19(17)25-20;/h3-4,6-10,12H,5,11,13-14H2,1-2H3,(H,23,24);1H. The van der Waals surface area contributed by atoms with Crippen LogP contribution in [0.15, 0.2) is 48.5 Å². The predicted molar refractivity (Wildman–Crippen MR) is 106 cm³/mol. The van der Waals surface area contributed by atoms with Crippen LogP contribution in [0.3, 0.4) is 0 Å². The molecule has 0 saturated heterocycles. The largest absolute Gasteiger partial charge is 0.481 e. The number of halogens is 1. The van der Waals surface area contributed by atoms with Crippen LogP contribution in [0.5, 0.6) is 5.75 Å². The van der Waals surface area contributed by atoms with Gasteiger partial charge in [-0.3, -0.25) is 4.79 Å². The first-order chi connectivity index (χ1) is 12.0. The van der Waals surface area contributed by atoms with Gasteiger partial charge in [0.25, 0.3) is 0 Å². The first-order valence-electron chi connectivity index (χ1n) is 8.47. The fourth-order valence-corrected chi connectivity index (χ4v) is 3.05. The van der Waals surface area contributed by atoms with E-state index >= 15 is 0 Å². The molecule has 4 nitrogen and oxygen atoms in total. The number of carboxylic acids is 1. The Morgan fingerprint density at radius 1 is 1.19 bits per heavy atom. The molecule has 3 rings (SSSR count). The van der Waals surface area contributed by atoms with Crippen LogP contribution in [0.25, 0.3) is 5.76 Å². The summed E-state index contributed by atoms with van der Waals surface area (Å²) in [7, 11) is 4.11. The fourth-order valence-electron chi connectivity index (χ4n) is 3.05. The summed E-state index contributed by atoms with van der Waals surface area (Å²) in [5, 5.41) is 9.02. The van der Waals surface area contributed by atoms with Crippen molar-refractivity contribution in [2.24, 2.45) is 0 Å². The van der Waals surface area contributed by atoms with E-state index in [2.05, 4.69) is 37.2 Å². The fraction of sp³-hybridized carbons (Fsp3) is 0.286. The van der Waals surface area contributed by atoms with Gasteiger partial charge in [0, 0.05) is 18.5 Å². The summed E-state index contributed by atoms with van der Waals surface area (Å²) in [4.78, 5) is 13.1. The van der Waals surface area contributed by atoms with Crippen molar-refractivity contribution < 1.29 is 14.6 Å². The van der Waals surface area contributed by atoms with Crippen molar-refractivity contribution in [3.8, 4) is 5.75 Å². The summed E-state index contributed by atoms with van der Waals surface area (Å²) < 4.78 is 6.22. The molecule has 0 aliphatic carbocycles. The zero-order chi connectivity index (χ0) is 17.8. The second kappa shape index (κ2) is 8.88. The van der Waals surface area contributed by atoms with Crippen LogP contribution in [0.2, 0.25) is 0 Å². The van der Waals surface area contributed by atoms with Crippen LogP contribution >= 0.6 is 12.4 Å². The predicted octanol–water partition coefficient (Wildman–Crippen LogP) is 4.01. The van der Waals surface area contributed by atoms with Gasteiger partial charge in [-0.05, 0) is 49.3 Å². The minimum absolute atomic E-state index is 0. The number of ether oxygens (including phenoxy) is 1. The van der Waals surface area contributed by atoms with Crippen molar-refractivity contribution in [3.05, 3.63) is 70.8 Å². The van der Waals surface area contributed by atoms with E-state index in [4.69, 9.17) is 9.84 Å². The van der Waals surface area contributed by atoms with Gasteiger partial charge >= 0.3 is 5.97 Å². The maximum absolute atomic E-state index is 11.0. The average molecular weight is 374 g/mol. The Bertz CT molecular complexity index is 815. The number of carboxylic acid groups (broad SMARTS) is 1. The third kappa shape index (κ3) is 4.87. The molecule has 0 bridgehead atoms. The van der Waals surface area contributed by atoms with Gasteiger partial charge in [-0.15, -0.1) is 12.4 Å². The number of rotatable bonds is 5.